The lowest BCUT2D eigenvalue weighted by molar-refractivity contribution is -0.142. The molecule has 0 aromatic rings. The molecule has 11 nitrogen and oxygen atoms in total. The molecule has 11 heteroatoms. The van der Waals surface area contributed by atoms with Gasteiger partial charge in [-0.1, -0.05) is 0 Å². The van der Waals surface area contributed by atoms with Gasteiger partial charge in [0.15, 0.2) is 0 Å². The Kier molecular flexibility index (Phi) is 7.97. The summed E-state index contributed by atoms with van der Waals surface area (Å²) in [4.78, 5) is 57.9. The second kappa shape index (κ2) is 9.70. The lowest BCUT2D eigenvalue weighted by atomic mass is 10.1. The molecule has 1 aliphatic rings. The number of aliphatic carboxylic acids is 2. The number of hydrogen-bond donors (Lipinski definition) is 6. The minimum atomic E-state index is -1.35. The van der Waals surface area contributed by atoms with Crippen molar-refractivity contribution in [3.05, 3.63) is 0 Å². The van der Waals surface area contributed by atoms with E-state index in [2.05, 4.69) is 21.3 Å². The molecule has 4 atom stereocenters. The van der Waals surface area contributed by atoms with E-state index < -0.39 is 60.2 Å². The number of hydrogen-bond acceptors (Lipinski definition) is 6. The van der Waals surface area contributed by atoms with Gasteiger partial charge in [-0.15, -0.1) is 0 Å². The zero-order valence-electron chi connectivity index (χ0n) is 14.6. The number of carboxylic acids is 2. The van der Waals surface area contributed by atoms with Gasteiger partial charge in [0.05, 0.1) is 12.5 Å². The van der Waals surface area contributed by atoms with Crippen molar-refractivity contribution in [1.29, 1.82) is 0 Å². The van der Waals surface area contributed by atoms with Crippen LogP contribution in [-0.4, -0.2) is 70.6 Å². The van der Waals surface area contributed by atoms with Gasteiger partial charge in [0, 0.05) is 0 Å². The fraction of sp³-hybridized carbons (Fsp3) is 0.667. The van der Waals surface area contributed by atoms with Crippen LogP contribution in [-0.2, 0) is 24.0 Å². The molecule has 1 heterocycles. The highest BCUT2D eigenvalue weighted by Crippen LogP contribution is 2.06. The molecule has 0 bridgehead atoms. The Labute approximate surface area is 149 Å². The van der Waals surface area contributed by atoms with Crippen LogP contribution in [0.25, 0.3) is 0 Å². The predicted molar refractivity (Wildman–Crippen MR) is 88.1 cm³/mol. The van der Waals surface area contributed by atoms with Crippen LogP contribution in [0, 0.1) is 0 Å². The topological polar surface area (TPSA) is 174 Å². The van der Waals surface area contributed by atoms with Crippen LogP contribution in [0.3, 0.4) is 0 Å². The normalized spacial score (nSPS) is 19.7. The van der Waals surface area contributed by atoms with Gasteiger partial charge in [-0.05, 0) is 33.2 Å². The average Bonchev–Trinajstić information content (AvgIpc) is 3.07. The number of amides is 3. The van der Waals surface area contributed by atoms with E-state index >= 15 is 0 Å². The van der Waals surface area contributed by atoms with Crippen molar-refractivity contribution in [3.8, 4) is 0 Å². The molecule has 1 rings (SSSR count). The highest BCUT2D eigenvalue weighted by atomic mass is 16.4. The van der Waals surface area contributed by atoms with Gasteiger partial charge in [-0.3, -0.25) is 24.0 Å². The van der Waals surface area contributed by atoms with Crippen LogP contribution in [0.2, 0.25) is 0 Å². The van der Waals surface area contributed by atoms with Crippen molar-refractivity contribution in [3.63, 3.8) is 0 Å². The fourth-order valence-electron chi connectivity index (χ4n) is 2.34. The number of nitrogens with one attached hydrogen (secondary N) is 4. The van der Waals surface area contributed by atoms with Crippen molar-refractivity contribution in [2.75, 3.05) is 6.54 Å². The quantitative estimate of drug-likeness (QED) is 0.264. The number of carbonyl (C=O) groups is 5. The molecular weight excluding hydrogens is 348 g/mol. The highest BCUT2D eigenvalue weighted by molar-refractivity contribution is 5.95. The molecule has 26 heavy (non-hydrogen) atoms. The zero-order chi connectivity index (χ0) is 19.9. The van der Waals surface area contributed by atoms with Gasteiger partial charge >= 0.3 is 11.9 Å². The van der Waals surface area contributed by atoms with E-state index in [-0.39, 0.29) is 0 Å². The molecule has 0 saturated carbocycles. The van der Waals surface area contributed by atoms with Gasteiger partial charge < -0.3 is 31.5 Å². The first-order chi connectivity index (χ1) is 12.1. The molecule has 1 fully saturated rings. The first kappa shape index (κ1) is 21.4. The van der Waals surface area contributed by atoms with Crippen molar-refractivity contribution in [2.45, 2.75) is 57.3 Å². The Hall–Kier alpha value is -2.69. The van der Waals surface area contributed by atoms with Crippen molar-refractivity contribution >= 4 is 29.7 Å². The third-order valence-corrected chi connectivity index (χ3v) is 3.87. The summed E-state index contributed by atoms with van der Waals surface area (Å²) in [5.74, 6) is -4.60. The Balaban J connectivity index is 2.66. The Bertz CT molecular complexity index is 574. The van der Waals surface area contributed by atoms with Crippen LogP contribution in [0.5, 0.6) is 0 Å². The Morgan fingerprint density at radius 1 is 1.00 bits per heavy atom. The molecule has 0 radical (unpaired) electrons. The van der Waals surface area contributed by atoms with Crippen molar-refractivity contribution < 1.29 is 34.2 Å². The summed E-state index contributed by atoms with van der Waals surface area (Å²) in [7, 11) is 0. The van der Waals surface area contributed by atoms with E-state index in [1.54, 1.807) is 0 Å². The first-order valence-corrected chi connectivity index (χ1v) is 8.21. The smallest absolute Gasteiger partial charge is 0.325 e. The second-order valence-electron chi connectivity index (χ2n) is 6.11. The van der Waals surface area contributed by atoms with Crippen LogP contribution < -0.4 is 21.3 Å². The third-order valence-electron chi connectivity index (χ3n) is 3.87. The largest absolute Gasteiger partial charge is 0.481 e. The molecule has 1 aliphatic heterocycles. The van der Waals surface area contributed by atoms with Crippen LogP contribution in [0.4, 0.5) is 0 Å². The summed E-state index contributed by atoms with van der Waals surface area (Å²) in [6, 6.07) is -4.10. The second-order valence-corrected chi connectivity index (χ2v) is 6.11. The lowest BCUT2D eigenvalue weighted by Crippen LogP contribution is -2.56. The van der Waals surface area contributed by atoms with Gasteiger partial charge in [-0.25, -0.2) is 0 Å². The maximum absolute atomic E-state index is 12.3. The summed E-state index contributed by atoms with van der Waals surface area (Å²) < 4.78 is 0. The molecule has 4 unspecified atom stereocenters. The van der Waals surface area contributed by atoms with E-state index in [9.17, 15) is 24.0 Å². The molecular formula is C15H24N4O7. The van der Waals surface area contributed by atoms with E-state index in [0.29, 0.717) is 13.0 Å². The van der Waals surface area contributed by atoms with Crippen molar-refractivity contribution in [2.24, 2.45) is 0 Å². The van der Waals surface area contributed by atoms with E-state index in [1.807, 2.05) is 0 Å². The standard InChI is InChI=1S/C15H24N4O7/c1-7(12(22)18-8(2)15(25)26)17-14(24)10(6-11(20)21)19-13(23)9-4-3-5-16-9/h7-10,16H,3-6H2,1-2H3,(H,17,24)(H,18,22)(H,19,23)(H,20,21)(H,25,26). The molecule has 1 saturated heterocycles. The molecule has 0 spiro atoms. The fourth-order valence-corrected chi connectivity index (χ4v) is 2.34. The number of carboxylic acid groups (broad SMARTS) is 2. The van der Waals surface area contributed by atoms with Crippen LogP contribution >= 0.6 is 0 Å². The summed E-state index contributed by atoms with van der Waals surface area (Å²) in [6.07, 6.45) is 0.732. The van der Waals surface area contributed by atoms with Crippen LogP contribution in [0.1, 0.15) is 33.1 Å². The summed E-state index contributed by atoms with van der Waals surface area (Å²) in [5.41, 5.74) is 0. The predicted octanol–water partition coefficient (Wildman–Crippen LogP) is -2.21. The first-order valence-electron chi connectivity index (χ1n) is 8.21. The monoisotopic (exact) mass is 372 g/mol. The summed E-state index contributed by atoms with van der Waals surface area (Å²) in [6.45, 7) is 3.24. The van der Waals surface area contributed by atoms with Gasteiger partial charge in [-0.2, -0.15) is 0 Å². The molecule has 6 N–H and O–H groups in total. The SMILES string of the molecule is CC(NC(=O)C(C)NC(=O)C(CC(=O)O)NC(=O)C1CCCN1)C(=O)O. The Morgan fingerprint density at radius 2 is 1.62 bits per heavy atom. The maximum Gasteiger partial charge on any atom is 0.325 e. The third kappa shape index (κ3) is 6.67. The average molecular weight is 372 g/mol. The van der Waals surface area contributed by atoms with Crippen molar-refractivity contribution in [1.82, 2.24) is 21.3 Å². The van der Waals surface area contributed by atoms with Gasteiger partial charge in [0.1, 0.15) is 18.1 Å². The lowest BCUT2D eigenvalue weighted by Gasteiger charge is -2.22. The van der Waals surface area contributed by atoms with Gasteiger partial charge in [0.2, 0.25) is 17.7 Å². The maximum atomic E-state index is 12.3. The molecule has 3 amide bonds. The highest BCUT2D eigenvalue weighted by Gasteiger charge is 2.30. The van der Waals surface area contributed by atoms with E-state index in [0.717, 1.165) is 6.42 Å². The van der Waals surface area contributed by atoms with Gasteiger partial charge in [0.25, 0.3) is 0 Å². The molecule has 146 valence electrons. The summed E-state index contributed by atoms with van der Waals surface area (Å²) >= 11 is 0. The molecule has 0 aliphatic carbocycles. The number of rotatable bonds is 9. The van der Waals surface area contributed by atoms with E-state index in [4.69, 9.17) is 10.2 Å². The minimum Gasteiger partial charge on any atom is -0.481 e. The molecule has 0 aromatic carbocycles. The minimum absolute atomic E-state index is 0.486. The van der Waals surface area contributed by atoms with Crippen LogP contribution in [0.15, 0.2) is 0 Å². The zero-order valence-corrected chi connectivity index (χ0v) is 14.6. The Morgan fingerprint density at radius 3 is 2.12 bits per heavy atom. The number of carbonyl (C=O) groups excluding carboxylic acids is 3. The summed E-state index contributed by atoms with van der Waals surface area (Å²) in [5, 5.41) is 27.5. The van der Waals surface area contributed by atoms with E-state index in [1.165, 1.54) is 13.8 Å². The molecule has 0 aromatic heterocycles.